The molecule has 2 amide bonds. The highest BCUT2D eigenvalue weighted by atomic mass is 79.9. The van der Waals surface area contributed by atoms with E-state index in [4.69, 9.17) is 0 Å². The van der Waals surface area contributed by atoms with Crippen LogP contribution in [0.5, 0.6) is 0 Å². The molecule has 0 unspecified atom stereocenters. The number of anilines is 1. The summed E-state index contributed by atoms with van der Waals surface area (Å²) in [6.45, 7) is 0.640. The Morgan fingerprint density at radius 1 is 1.08 bits per heavy atom. The van der Waals surface area contributed by atoms with Crippen molar-refractivity contribution in [3.05, 3.63) is 64.9 Å². The van der Waals surface area contributed by atoms with Crippen molar-refractivity contribution in [2.75, 3.05) is 11.9 Å². The van der Waals surface area contributed by atoms with Crippen LogP contribution >= 0.6 is 15.9 Å². The number of pyridine rings is 2. The number of nitrogens with one attached hydrogen (secondary N) is 2. The molecule has 0 aliphatic carbocycles. The van der Waals surface area contributed by atoms with E-state index in [1.54, 1.807) is 18.5 Å². The van der Waals surface area contributed by atoms with Gasteiger partial charge in [0.15, 0.2) is 0 Å². The van der Waals surface area contributed by atoms with Crippen LogP contribution in [0.15, 0.2) is 59.3 Å². The molecule has 0 bridgehead atoms. The molecule has 128 valence electrons. The van der Waals surface area contributed by atoms with Gasteiger partial charge >= 0.3 is 6.03 Å². The first-order chi connectivity index (χ1) is 12.2. The highest BCUT2D eigenvalue weighted by Crippen LogP contribution is 2.21. The Labute approximate surface area is 155 Å². The molecule has 0 fully saturated rings. The fourth-order valence-electron chi connectivity index (χ4n) is 2.57. The molecule has 1 aromatic carbocycles. The molecule has 25 heavy (non-hydrogen) atoms. The lowest BCUT2D eigenvalue weighted by atomic mass is 10.1. The normalized spacial score (nSPS) is 10.6. The number of carbonyl (C=O) groups is 1. The first-order valence-corrected chi connectivity index (χ1v) is 9.01. The summed E-state index contributed by atoms with van der Waals surface area (Å²) in [6.07, 6.45) is 6.35. The molecular formula is C19H19BrN4O. The second-order valence-corrected chi connectivity index (χ2v) is 6.62. The van der Waals surface area contributed by atoms with Crippen molar-refractivity contribution in [1.82, 2.24) is 15.3 Å². The largest absolute Gasteiger partial charge is 0.338 e. The zero-order valence-electron chi connectivity index (χ0n) is 13.7. The molecule has 2 heterocycles. The smallest absolute Gasteiger partial charge is 0.319 e. The van der Waals surface area contributed by atoms with Crippen molar-refractivity contribution in [3.8, 4) is 0 Å². The lowest BCUT2D eigenvalue weighted by Gasteiger charge is -2.09. The van der Waals surface area contributed by atoms with Crippen LogP contribution in [0.4, 0.5) is 10.5 Å². The van der Waals surface area contributed by atoms with Gasteiger partial charge in [0.05, 0.1) is 11.2 Å². The Balaban J connectivity index is 1.47. The molecule has 0 saturated heterocycles. The van der Waals surface area contributed by atoms with Gasteiger partial charge in [-0.25, -0.2) is 4.79 Å². The average molecular weight is 399 g/mol. The lowest BCUT2D eigenvalue weighted by Crippen LogP contribution is -2.29. The van der Waals surface area contributed by atoms with Crippen LogP contribution in [0.3, 0.4) is 0 Å². The molecule has 0 aliphatic rings. The van der Waals surface area contributed by atoms with E-state index < -0.39 is 0 Å². The molecule has 0 aliphatic heterocycles. The van der Waals surface area contributed by atoms with Crippen LogP contribution in [0.1, 0.15) is 18.4 Å². The third-order valence-corrected chi connectivity index (χ3v) is 4.25. The van der Waals surface area contributed by atoms with Crippen LogP contribution in [-0.2, 0) is 6.42 Å². The van der Waals surface area contributed by atoms with E-state index in [0.29, 0.717) is 17.7 Å². The summed E-state index contributed by atoms with van der Waals surface area (Å²) in [5.41, 5.74) is 3.38. The number of benzene rings is 1. The van der Waals surface area contributed by atoms with E-state index in [1.807, 2.05) is 24.3 Å². The molecule has 0 spiro atoms. The van der Waals surface area contributed by atoms with Gasteiger partial charge < -0.3 is 10.6 Å². The van der Waals surface area contributed by atoms with Crippen LogP contribution in [-0.4, -0.2) is 22.5 Å². The molecule has 0 atom stereocenters. The van der Waals surface area contributed by atoms with Gasteiger partial charge in [-0.2, -0.15) is 0 Å². The predicted molar refractivity (Wildman–Crippen MR) is 104 cm³/mol. The minimum Gasteiger partial charge on any atom is -0.338 e. The number of halogens is 1. The summed E-state index contributed by atoms with van der Waals surface area (Å²) < 4.78 is 0.854. The van der Waals surface area contributed by atoms with E-state index in [1.165, 1.54) is 5.56 Å². The Bertz CT molecular complexity index is 854. The first-order valence-electron chi connectivity index (χ1n) is 8.21. The minimum atomic E-state index is -0.225. The SMILES string of the molecule is O=C(NCCCCc1ccccc1)Nc1ccnc2cc(Br)cnc12. The van der Waals surface area contributed by atoms with Gasteiger partial charge in [-0.1, -0.05) is 30.3 Å². The number of amides is 2. The van der Waals surface area contributed by atoms with Gasteiger partial charge in [-0.05, 0) is 52.9 Å². The van der Waals surface area contributed by atoms with Gasteiger partial charge in [0.25, 0.3) is 0 Å². The first kappa shape index (κ1) is 17.4. The second-order valence-electron chi connectivity index (χ2n) is 5.70. The van der Waals surface area contributed by atoms with Gasteiger partial charge in [0.1, 0.15) is 5.52 Å². The Morgan fingerprint density at radius 3 is 2.76 bits per heavy atom. The van der Waals surface area contributed by atoms with E-state index in [9.17, 15) is 4.79 Å². The molecule has 0 radical (unpaired) electrons. The zero-order valence-corrected chi connectivity index (χ0v) is 15.3. The van der Waals surface area contributed by atoms with Gasteiger partial charge in [0, 0.05) is 23.4 Å². The third-order valence-electron chi connectivity index (χ3n) is 3.81. The molecule has 3 aromatic rings. The summed E-state index contributed by atoms with van der Waals surface area (Å²) in [4.78, 5) is 20.7. The van der Waals surface area contributed by atoms with E-state index in [2.05, 4.69) is 48.7 Å². The molecular weight excluding hydrogens is 380 g/mol. The number of urea groups is 1. The zero-order chi connectivity index (χ0) is 17.5. The fraction of sp³-hybridized carbons (Fsp3) is 0.211. The van der Waals surface area contributed by atoms with Crippen molar-refractivity contribution in [1.29, 1.82) is 0 Å². The number of carbonyl (C=O) groups excluding carboxylic acids is 1. The van der Waals surface area contributed by atoms with Crippen LogP contribution in [0.2, 0.25) is 0 Å². The highest BCUT2D eigenvalue weighted by Gasteiger charge is 2.07. The molecule has 2 N–H and O–H groups in total. The van der Waals surface area contributed by atoms with E-state index in [-0.39, 0.29) is 6.03 Å². The Morgan fingerprint density at radius 2 is 1.92 bits per heavy atom. The van der Waals surface area contributed by atoms with Crippen LogP contribution < -0.4 is 10.6 Å². The number of nitrogens with zero attached hydrogens (tertiary/aromatic N) is 2. The lowest BCUT2D eigenvalue weighted by molar-refractivity contribution is 0.252. The average Bonchev–Trinajstić information content (AvgIpc) is 2.62. The predicted octanol–water partition coefficient (Wildman–Crippen LogP) is 4.54. The van der Waals surface area contributed by atoms with Crippen molar-refractivity contribution in [3.63, 3.8) is 0 Å². The Hall–Kier alpha value is -2.47. The van der Waals surface area contributed by atoms with Gasteiger partial charge in [0.2, 0.25) is 0 Å². The number of aryl methyl sites for hydroxylation is 1. The maximum atomic E-state index is 12.1. The standard InChI is InChI=1S/C19H19BrN4O/c20-15-12-17-18(23-13-15)16(9-11-21-17)24-19(25)22-10-5-4-8-14-6-2-1-3-7-14/h1-3,6-7,9,11-13H,4-5,8,10H2,(H2,21,22,24,25). The van der Waals surface area contributed by atoms with Gasteiger partial charge in [-0.15, -0.1) is 0 Å². The van der Waals surface area contributed by atoms with Gasteiger partial charge in [-0.3, -0.25) is 9.97 Å². The monoisotopic (exact) mass is 398 g/mol. The molecule has 5 nitrogen and oxygen atoms in total. The van der Waals surface area contributed by atoms with E-state index >= 15 is 0 Å². The van der Waals surface area contributed by atoms with Crippen molar-refractivity contribution in [2.45, 2.75) is 19.3 Å². The molecule has 0 saturated carbocycles. The highest BCUT2D eigenvalue weighted by molar-refractivity contribution is 9.10. The summed E-state index contributed by atoms with van der Waals surface area (Å²) >= 11 is 3.37. The topological polar surface area (TPSA) is 66.9 Å². The third kappa shape index (κ3) is 5.00. The number of aromatic nitrogens is 2. The molecule has 6 heteroatoms. The van der Waals surface area contributed by atoms with Crippen LogP contribution in [0.25, 0.3) is 11.0 Å². The summed E-state index contributed by atoms with van der Waals surface area (Å²) in [5, 5.41) is 5.73. The maximum absolute atomic E-state index is 12.1. The van der Waals surface area contributed by atoms with Crippen molar-refractivity contribution in [2.24, 2.45) is 0 Å². The fourth-order valence-corrected chi connectivity index (χ4v) is 2.89. The number of hydrogen-bond donors (Lipinski definition) is 2. The number of hydrogen-bond acceptors (Lipinski definition) is 3. The molecule has 2 aromatic heterocycles. The summed E-state index contributed by atoms with van der Waals surface area (Å²) in [5.74, 6) is 0. The molecule has 3 rings (SSSR count). The quantitative estimate of drug-likeness (QED) is 0.599. The van der Waals surface area contributed by atoms with Crippen LogP contribution in [0, 0.1) is 0 Å². The number of unbranched alkanes of at least 4 members (excludes halogenated alkanes) is 1. The Kier molecular flexibility index (Phi) is 5.95. The van der Waals surface area contributed by atoms with E-state index in [0.717, 1.165) is 29.3 Å². The van der Waals surface area contributed by atoms with Crippen molar-refractivity contribution >= 4 is 38.7 Å². The second kappa shape index (κ2) is 8.58. The number of fused-ring (bicyclic) bond motifs is 1. The maximum Gasteiger partial charge on any atom is 0.319 e. The summed E-state index contributed by atoms with van der Waals surface area (Å²) in [6, 6.07) is 13.8. The van der Waals surface area contributed by atoms with Crippen molar-refractivity contribution < 1.29 is 4.79 Å². The summed E-state index contributed by atoms with van der Waals surface area (Å²) in [7, 11) is 0. The number of rotatable bonds is 6. The minimum absolute atomic E-state index is 0.225.